The highest BCUT2D eigenvalue weighted by molar-refractivity contribution is 6.30. The van der Waals surface area contributed by atoms with Crippen LogP contribution in [-0.2, 0) is 11.2 Å². The van der Waals surface area contributed by atoms with Gasteiger partial charge in [-0.25, -0.2) is 9.37 Å². The number of aromatic nitrogens is 1. The first-order valence-corrected chi connectivity index (χ1v) is 8.84. The molecule has 0 bridgehead atoms. The van der Waals surface area contributed by atoms with Crippen LogP contribution in [0.3, 0.4) is 0 Å². The summed E-state index contributed by atoms with van der Waals surface area (Å²) >= 11 is 5.75. The molecule has 8 heteroatoms. The molecule has 0 saturated carbocycles. The number of hydrogen-bond donors (Lipinski definition) is 2. The van der Waals surface area contributed by atoms with Crippen LogP contribution in [0.15, 0.2) is 36.5 Å². The highest BCUT2D eigenvalue weighted by Gasteiger charge is 2.50. The highest BCUT2D eigenvalue weighted by atomic mass is 35.5. The Hall–Kier alpha value is -2.38. The molecule has 0 radical (unpaired) electrons. The SMILES string of the molecule is COc1cccc(C[C@@]2(C(=O)O)CN(c3ncc(Cl)cc3F)CC[C@H]2O)c1. The van der Waals surface area contributed by atoms with Gasteiger partial charge in [0, 0.05) is 19.3 Å². The van der Waals surface area contributed by atoms with Gasteiger partial charge in [0.05, 0.1) is 18.2 Å². The van der Waals surface area contributed by atoms with E-state index in [0.29, 0.717) is 17.9 Å². The Balaban J connectivity index is 1.95. The first-order valence-electron chi connectivity index (χ1n) is 8.46. The van der Waals surface area contributed by atoms with Crippen LogP contribution in [0.25, 0.3) is 0 Å². The normalized spacial score (nSPS) is 22.5. The summed E-state index contributed by atoms with van der Waals surface area (Å²) in [6.45, 7) is 0.214. The summed E-state index contributed by atoms with van der Waals surface area (Å²) in [5, 5.41) is 20.7. The summed E-state index contributed by atoms with van der Waals surface area (Å²) in [4.78, 5) is 17.8. The van der Waals surface area contributed by atoms with Gasteiger partial charge in [-0.15, -0.1) is 0 Å². The van der Waals surface area contributed by atoms with Crippen LogP contribution in [0.2, 0.25) is 5.02 Å². The van der Waals surface area contributed by atoms with Crippen LogP contribution >= 0.6 is 11.6 Å². The number of nitrogens with zero attached hydrogens (tertiary/aromatic N) is 2. The maximum atomic E-state index is 14.3. The van der Waals surface area contributed by atoms with Crippen molar-refractivity contribution in [1.29, 1.82) is 0 Å². The number of aliphatic hydroxyl groups excluding tert-OH is 1. The molecular formula is C19H20ClFN2O4. The molecule has 144 valence electrons. The second-order valence-electron chi connectivity index (χ2n) is 6.67. The number of methoxy groups -OCH3 is 1. The zero-order chi connectivity index (χ0) is 19.6. The van der Waals surface area contributed by atoms with E-state index in [1.807, 2.05) is 0 Å². The number of aliphatic hydroxyl groups is 1. The molecule has 0 unspecified atom stereocenters. The van der Waals surface area contributed by atoms with Gasteiger partial charge in [0.2, 0.25) is 0 Å². The molecule has 0 aliphatic carbocycles. The molecule has 2 N–H and O–H groups in total. The lowest BCUT2D eigenvalue weighted by Crippen LogP contribution is -2.57. The van der Waals surface area contributed by atoms with E-state index in [-0.39, 0.29) is 30.2 Å². The number of carboxylic acid groups (broad SMARTS) is 1. The van der Waals surface area contributed by atoms with E-state index in [4.69, 9.17) is 16.3 Å². The summed E-state index contributed by atoms with van der Waals surface area (Å²) in [5.41, 5.74) is -0.791. The summed E-state index contributed by atoms with van der Waals surface area (Å²) in [7, 11) is 1.53. The number of benzene rings is 1. The van der Waals surface area contributed by atoms with Gasteiger partial charge in [-0.2, -0.15) is 0 Å². The van der Waals surface area contributed by atoms with Crippen molar-refractivity contribution in [1.82, 2.24) is 4.98 Å². The third kappa shape index (κ3) is 3.84. The van der Waals surface area contributed by atoms with Gasteiger partial charge >= 0.3 is 5.97 Å². The fraction of sp³-hybridized carbons (Fsp3) is 0.368. The smallest absolute Gasteiger partial charge is 0.314 e. The fourth-order valence-corrected chi connectivity index (χ4v) is 3.65. The molecule has 1 aromatic heterocycles. The minimum atomic E-state index is -1.50. The lowest BCUT2D eigenvalue weighted by Gasteiger charge is -2.44. The van der Waals surface area contributed by atoms with Crippen molar-refractivity contribution < 1.29 is 24.1 Å². The maximum absolute atomic E-state index is 14.3. The summed E-state index contributed by atoms with van der Waals surface area (Å²) in [6.07, 6.45) is 0.495. The molecular weight excluding hydrogens is 375 g/mol. The van der Waals surface area contributed by atoms with Crippen LogP contribution in [0.5, 0.6) is 5.75 Å². The fourth-order valence-electron chi connectivity index (χ4n) is 3.51. The lowest BCUT2D eigenvalue weighted by molar-refractivity contribution is -0.157. The van der Waals surface area contributed by atoms with E-state index in [1.54, 1.807) is 29.2 Å². The van der Waals surface area contributed by atoms with Crippen molar-refractivity contribution in [3.8, 4) is 5.75 Å². The molecule has 0 amide bonds. The quantitative estimate of drug-likeness (QED) is 0.811. The van der Waals surface area contributed by atoms with Crippen LogP contribution in [0.4, 0.5) is 10.2 Å². The highest BCUT2D eigenvalue weighted by Crippen LogP contribution is 2.37. The predicted molar refractivity (Wildman–Crippen MR) is 98.8 cm³/mol. The van der Waals surface area contributed by atoms with E-state index in [2.05, 4.69) is 4.98 Å². The molecule has 6 nitrogen and oxygen atoms in total. The molecule has 1 aliphatic heterocycles. The number of aliphatic carboxylic acids is 1. The van der Waals surface area contributed by atoms with Crippen LogP contribution in [0.1, 0.15) is 12.0 Å². The van der Waals surface area contributed by atoms with Gasteiger partial charge in [-0.3, -0.25) is 4.79 Å². The molecule has 1 aromatic carbocycles. The minimum Gasteiger partial charge on any atom is -0.497 e. The van der Waals surface area contributed by atoms with Crippen LogP contribution < -0.4 is 9.64 Å². The van der Waals surface area contributed by atoms with Crippen LogP contribution in [0, 0.1) is 11.2 Å². The monoisotopic (exact) mass is 394 g/mol. The van der Waals surface area contributed by atoms with Crippen molar-refractivity contribution >= 4 is 23.4 Å². The topological polar surface area (TPSA) is 82.9 Å². The second kappa shape index (κ2) is 7.70. The van der Waals surface area contributed by atoms with Crippen molar-refractivity contribution in [2.24, 2.45) is 5.41 Å². The van der Waals surface area contributed by atoms with Crippen molar-refractivity contribution in [2.45, 2.75) is 18.9 Å². The first kappa shape index (κ1) is 19.4. The summed E-state index contributed by atoms with van der Waals surface area (Å²) in [6, 6.07) is 8.17. The van der Waals surface area contributed by atoms with Gasteiger partial charge in [0.25, 0.3) is 0 Å². The predicted octanol–water partition coefficient (Wildman–Crippen LogP) is 2.77. The molecule has 0 spiro atoms. The Labute approximate surface area is 161 Å². The third-order valence-corrected chi connectivity index (χ3v) is 5.16. The number of carboxylic acids is 1. The van der Waals surface area contributed by atoms with Crippen LogP contribution in [-0.4, -0.2) is 47.5 Å². The second-order valence-corrected chi connectivity index (χ2v) is 7.11. The Morgan fingerprint density at radius 1 is 1.48 bits per heavy atom. The standard InChI is InChI=1S/C19H20ClFN2O4/c1-27-14-4-2-3-12(7-14)9-19(18(25)26)11-23(6-5-16(19)24)17-15(21)8-13(20)10-22-17/h2-4,7-8,10,16,24H,5-6,9,11H2,1H3,(H,25,26)/t16-,19-/m1/s1. The van der Waals surface area contributed by atoms with Gasteiger partial charge in [0.15, 0.2) is 11.6 Å². The Kier molecular flexibility index (Phi) is 5.53. The molecule has 2 heterocycles. The molecule has 3 rings (SSSR count). The number of carbonyl (C=O) groups is 1. The van der Waals surface area contributed by atoms with Gasteiger partial charge in [-0.05, 0) is 36.6 Å². The number of pyridine rings is 1. The van der Waals surface area contributed by atoms with Crippen molar-refractivity contribution in [3.63, 3.8) is 0 Å². The summed E-state index contributed by atoms with van der Waals surface area (Å²) in [5.74, 6) is -1.14. The summed E-state index contributed by atoms with van der Waals surface area (Å²) < 4.78 is 19.5. The van der Waals surface area contributed by atoms with Crippen molar-refractivity contribution in [3.05, 3.63) is 52.9 Å². The van der Waals surface area contributed by atoms with E-state index in [1.165, 1.54) is 13.3 Å². The Bertz CT molecular complexity index is 850. The number of rotatable bonds is 5. The molecule has 1 aliphatic rings. The van der Waals surface area contributed by atoms with Crippen molar-refractivity contribution in [2.75, 3.05) is 25.1 Å². The van der Waals surface area contributed by atoms with E-state index >= 15 is 0 Å². The molecule has 1 fully saturated rings. The molecule has 2 atom stereocenters. The maximum Gasteiger partial charge on any atom is 0.314 e. The molecule has 1 saturated heterocycles. The van der Waals surface area contributed by atoms with Gasteiger partial charge in [0.1, 0.15) is 11.2 Å². The van der Waals surface area contributed by atoms with Gasteiger partial charge < -0.3 is 19.8 Å². The van der Waals surface area contributed by atoms with E-state index < -0.39 is 23.3 Å². The van der Waals surface area contributed by atoms with Gasteiger partial charge in [-0.1, -0.05) is 23.7 Å². The lowest BCUT2D eigenvalue weighted by atomic mass is 9.73. The molecule has 27 heavy (non-hydrogen) atoms. The Morgan fingerprint density at radius 2 is 2.26 bits per heavy atom. The van der Waals surface area contributed by atoms with E-state index in [9.17, 15) is 19.4 Å². The average molecular weight is 395 g/mol. The third-order valence-electron chi connectivity index (χ3n) is 4.95. The number of ether oxygens (including phenoxy) is 1. The Morgan fingerprint density at radius 3 is 2.93 bits per heavy atom. The zero-order valence-corrected chi connectivity index (χ0v) is 15.5. The number of halogens is 2. The zero-order valence-electron chi connectivity index (χ0n) is 14.7. The number of hydrogen-bond acceptors (Lipinski definition) is 5. The average Bonchev–Trinajstić information content (AvgIpc) is 2.64. The number of piperidine rings is 1. The largest absolute Gasteiger partial charge is 0.497 e. The molecule has 2 aromatic rings. The minimum absolute atomic E-state index is 0.0302. The van der Waals surface area contributed by atoms with E-state index in [0.717, 1.165) is 6.07 Å². The first-order chi connectivity index (χ1) is 12.9. The number of anilines is 1.